The Morgan fingerprint density at radius 1 is 1.31 bits per heavy atom. The Morgan fingerprint density at radius 2 is 1.69 bits per heavy atom. The van der Waals surface area contributed by atoms with Crippen molar-refractivity contribution in [3.63, 3.8) is 0 Å². The molecule has 1 rings (SSSR count). The highest BCUT2D eigenvalue weighted by atomic mass is 32.2. The van der Waals surface area contributed by atoms with Gasteiger partial charge in [-0.3, -0.25) is 4.55 Å². The van der Waals surface area contributed by atoms with Crippen LogP contribution in [0.4, 0.5) is 0 Å². The first-order chi connectivity index (χ1) is 5.74. The summed E-state index contributed by atoms with van der Waals surface area (Å²) in [6.07, 6.45) is -0.904. The molecule has 5 nitrogen and oxygen atoms in total. The van der Waals surface area contributed by atoms with Gasteiger partial charge in [-0.15, -0.1) is 0 Å². The van der Waals surface area contributed by atoms with Crippen molar-refractivity contribution in [3.05, 3.63) is 0 Å². The number of rotatable bonds is 1. The molecule has 0 aromatic heterocycles. The Labute approximate surface area is 77.5 Å². The molecule has 0 amide bonds. The predicted octanol–water partition coefficient (Wildman–Crippen LogP) is 0.150. The minimum absolute atomic E-state index is 0.0871. The zero-order valence-corrected chi connectivity index (χ0v) is 8.41. The average Bonchev–Trinajstić information content (AvgIpc) is 1.79. The maximum absolute atomic E-state index is 10.8. The van der Waals surface area contributed by atoms with Crippen LogP contribution in [0.2, 0.25) is 0 Å². The second-order valence-electron chi connectivity index (χ2n) is 3.59. The second kappa shape index (κ2) is 3.20. The Hall–Kier alpha value is -0.170. The zero-order valence-electron chi connectivity index (χ0n) is 7.60. The molecule has 0 saturated carbocycles. The molecule has 1 saturated heterocycles. The largest absolute Gasteiger partial charge is 0.375 e. The van der Waals surface area contributed by atoms with Gasteiger partial charge >= 0.3 is 0 Å². The lowest BCUT2D eigenvalue weighted by atomic mass is 10.0. The van der Waals surface area contributed by atoms with Crippen molar-refractivity contribution < 1.29 is 22.8 Å². The summed E-state index contributed by atoms with van der Waals surface area (Å²) in [5.74, 6) is 0. The summed E-state index contributed by atoms with van der Waals surface area (Å²) in [4.78, 5) is -2.04. The van der Waals surface area contributed by atoms with E-state index in [1.165, 1.54) is 0 Å². The van der Waals surface area contributed by atoms with Gasteiger partial charge in [-0.2, -0.15) is 8.42 Å². The molecule has 1 fully saturated rings. The van der Waals surface area contributed by atoms with Crippen LogP contribution in [0, 0.1) is 0 Å². The van der Waals surface area contributed by atoms with Gasteiger partial charge < -0.3 is 9.84 Å². The Bertz CT molecular complexity index is 273. The first kappa shape index (κ1) is 10.9. The van der Waals surface area contributed by atoms with Crippen molar-refractivity contribution in [1.82, 2.24) is 0 Å². The summed E-state index contributed by atoms with van der Waals surface area (Å²) < 4.78 is 35.7. The molecule has 1 aliphatic rings. The molecule has 0 bridgehead atoms. The molecular formula is C7H14O5S. The molecule has 0 spiro atoms. The third kappa shape index (κ3) is 2.19. The van der Waals surface area contributed by atoms with E-state index in [4.69, 9.17) is 9.29 Å². The van der Waals surface area contributed by atoms with Gasteiger partial charge in [0.2, 0.25) is 0 Å². The van der Waals surface area contributed by atoms with Gasteiger partial charge in [0.1, 0.15) is 0 Å². The summed E-state index contributed by atoms with van der Waals surface area (Å²) in [6.45, 7) is 3.32. The van der Waals surface area contributed by atoms with E-state index in [2.05, 4.69) is 0 Å². The van der Waals surface area contributed by atoms with Crippen LogP contribution < -0.4 is 0 Å². The van der Waals surface area contributed by atoms with Crippen molar-refractivity contribution in [3.8, 4) is 0 Å². The highest BCUT2D eigenvalue weighted by molar-refractivity contribution is 7.87. The van der Waals surface area contributed by atoms with Gasteiger partial charge in [-0.05, 0) is 13.8 Å². The van der Waals surface area contributed by atoms with Crippen LogP contribution in [0.5, 0.6) is 0 Å². The number of ether oxygens (including phenoxy) is 1. The molecule has 6 heteroatoms. The van der Waals surface area contributed by atoms with E-state index in [9.17, 15) is 13.5 Å². The van der Waals surface area contributed by atoms with Gasteiger partial charge in [-0.25, -0.2) is 0 Å². The molecule has 78 valence electrons. The summed E-state index contributed by atoms with van der Waals surface area (Å²) in [6, 6.07) is 0. The number of hydrogen-bond donors (Lipinski definition) is 2. The third-order valence-corrected chi connectivity index (χ3v) is 3.45. The Balaban J connectivity index is 2.91. The molecule has 0 radical (unpaired) electrons. The van der Waals surface area contributed by atoms with Gasteiger partial charge in [0.05, 0.1) is 12.2 Å². The molecule has 1 heterocycles. The lowest BCUT2D eigenvalue weighted by Gasteiger charge is -2.36. The monoisotopic (exact) mass is 210 g/mol. The van der Waals surface area contributed by atoms with E-state index in [-0.39, 0.29) is 25.0 Å². The molecule has 1 aliphatic heterocycles. The number of aliphatic hydroxyl groups is 1. The summed E-state index contributed by atoms with van der Waals surface area (Å²) in [7, 11) is -4.42. The van der Waals surface area contributed by atoms with E-state index in [0.717, 1.165) is 0 Å². The Morgan fingerprint density at radius 3 is 2.00 bits per heavy atom. The van der Waals surface area contributed by atoms with E-state index < -0.39 is 15.1 Å². The SMILES string of the molecule is CC1CC(O)(S(=O)(=O)O)CC(C)O1. The maximum Gasteiger partial charge on any atom is 0.295 e. The van der Waals surface area contributed by atoms with Gasteiger partial charge in [0.15, 0.2) is 4.93 Å². The molecule has 0 aromatic carbocycles. The molecule has 2 N–H and O–H groups in total. The first-order valence-corrected chi connectivity index (χ1v) is 5.53. The fraction of sp³-hybridized carbons (Fsp3) is 1.00. The second-order valence-corrected chi connectivity index (χ2v) is 5.30. The standard InChI is InChI=1S/C7H14O5S/c1-5-3-7(8,13(9,10)11)4-6(2)12-5/h5-6,8H,3-4H2,1-2H3,(H,9,10,11). The molecule has 0 aromatic rings. The van der Waals surface area contributed by atoms with E-state index in [0.29, 0.717) is 0 Å². The minimum Gasteiger partial charge on any atom is -0.375 e. The maximum atomic E-state index is 10.8. The van der Waals surface area contributed by atoms with Crippen molar-refractivity contribution in [2.24, 2.45) is 0 Å². The molecular weight excluding hydrogens is 196 g/mol. The summed E-state index contributed by atoms with van der Waals surface area (Å²) in [5, 5.41) is 9.63. The third-order valence-electron chi connectivity index (χ3n) is 2.16. The first-order valence-electron chi connectivity index (χ1n) is 4.09. The smallest absolute Gasteiger partial charge is 0.295 e. The predicted molar refractivity (Wildman–Crippen MR) is 45.7 cm³/mol. The topological polar surface area (TPSA) is 83.8 Å². The fourth-order valence-electron chi connectivity index (χ4n) is 1.69. The van der Waals surface area contributed by atoms with Crippen LogP contribution in [0.25, 0.3) is 0 Å². The van der Waals surface area contributed by atoms with Crippen molar-refractivity contribution in [1.29, 1.82) is 0 Å². The highest BCUT2D eigenvalue weighted by Gasteiger charge is 2.46. The van der Waals surface area contributed by atoms with E-state index in [1.807, 2.05) is 0 Å². The lowest BCUT2D eigenvalue weighted by Crippen LogP contribution is -2.48. The van der Waals surface area contributed by atoms with Crippen molar-refractivity contribution in [2.45, 2.75) is 43.8 Å². The molecule has 2 atom stereocenters. The fourth-order valence-corrected chi connectivity index (χ4v) is 2.58. The van der Waals surface area contributed by atoms with Crippen LogP contribution >= 0.6 is 0 Å². The summed E-state index contributed by atoms with van der Waals surface area (Å²) in [5.41, 5.74) is 0. The highest BCUT2D eigenvalue weighted by Crippen LogP contribution is 2.32. The quantitative estimate of drug-likeness (QED) is 0.602. The van der Waals surface area contributed by atoms with Gasteiger partial charge in [0.25, 0.3) is 10.1 Å². The van der Waals surface area contributed by atoms with Crippen LogP contribution in [0.3, 0.4) is 0 Å². The minimum atomic E-state index is -4.42. The molecule has 0 aliphatic carbocycles. The van der Waals surface area contributed by atoms with Gasteiger partial charge in [-0.1, -0.05) is 0 Å². The van der Waals surface area contributed by atoms with Crippen LogP contribution in [0.15, 0.2) is 0 Å². The van der Waals surface area contributed by atoms with Crippen molar-refractivity contribution >= 4 is 10.1 Å². The van der Waals surface area contributed by atoms with E-state index in [1.54, 1.807) is 13.8 Å². The van der Waals surface area contributed by atoms with Crippen LogP contribution in [-0.2, 0) is 14.9 Å². The van der Waals surface area contributed by atoms with E-state index >= 15 is 0 Å². The molecule has 2 unspecified atom stereocenters. The van der Waals surface area contributed by atoms with Gasteiger partial charge in [0, 0.05) is 12.8 Å². The lowest BCUT2D eigenvalue weighted by molar-refractivity contribution is -0.0984. The zero-order chi connectivity index (χ0) is 10.3. The normalized spacial score (nSPS) is 41.8. The molecule has 13 heavy (non-hydrogen) atoms. The van der Waals surface area contributed by atoms with Crippen LogP contribution in [-0.4, -0.2) is 35.2 Å². The number of hydrogen-bond acceptors (Lipinski definition) is 4. The van der Waals surface area contributed by atoms with Crippen LogP contribution in [0.1, 0.15) is 26.7 Å². The summed E-state index contributed by atoms with van der Waals surface area (Å²) >= 11 is 0. The average molecular weight is 210 g/mol. The Kier molecular flexibility index (Phi) is 2.68. The van der Waals surface area contributed by atoms with Crippen molar-refractivity contribution in [2.75, 3.05) is 0 Å².